The first-order chi connectivity index (χ1) is 3.85. The van der Waals surface area contributed by atoms with Crippen LogP contribution in [0.5, 0.6) is 0 Å². The fourth-order valence-corrected chi connectivity index (χ4v) is 0.338. The molecule has 0 aliphatic heterocycles. The second-order valence-electron chi connectivity index (χ2n) is 1.08. The molecule has 0 atom stereocenters. The van der Waals surface area contributed by atoms with E-state index >= 15 is 0 Å². The SMILES string of the molecule is O=S(=O)(O)[C](Br)C(F)F. The van der Waals surface area contributed by atoms with Crippen LogP contribution < -0.4 is 0 Å². The van der Waals surface area contributed by atoms with Crippen LogP contribution in [0.15, 0.2) is 0 Å². The molecule has 0 aromatic carbocycles. The van der Waals surface area contributed by atoms with Gasteiger partial charge >= 0.3 is 0 Å². The van der Waals surface area contributed by atoms with Gasteiger partial charge in [0.2, 0.25) is 4.16 Å². The predicted octanol–water partition coefficient (Wildman–Crippen LogP) is 1.02. The molecule has 0 saturated heterocycles. The maximum absolute atomic E-state index is 11.3. The second-order valence-corrected chi connectivity index (χ2v) is 3.85. The van der Waals surface area contributed by atoms with Crippen LogP contribution >= 0.6 is 15.9 Å². The summed E-state index contributed by atoms with van der Waals surface area (Å²) in [5, 5.41) is 0. The van der Waals surface area contributed by atoms with Gasteiger partial charge in [-0.1, -0.05) is 15.9 Å². The minimum atomic E-state index is -4.72. The maximum atomic E-state index is 11.3. The molecule has 0 aliphatic carbocycles. The van der Waals surface area contributed by atoms with Gasteiger partial charge in [-0.2, -0.15) is 8.42 Å². The summed E-state index contributed by atoms with van der Waals surface area (Å²) in [6, 6.07) is 0. The van der Waals surface area contributed by atoms with Crippen molar-refractivity contribution in [1.82, 2.24) is 0 Å². The number of alkyl halides is 2. The highest BCUT2D eigenvalue weighted by atomic mass is 79.9. The van der Waals surface area contributed by atoms with Crippen LogP contribution in [-0.2, 0) is 10.1 Å². The smallest absolute Gasteiger partial charge is 0.284 e. The highest BCUT2D eigenvalue weighted by molar-refractivity contribution is 9.13. The number of hydrogen-bond donors (Lipinski definition) is 1. The molecular weight excluding hydrogens is 222 g/mol. The fraction of sp³-hybridized carbons (Fsp3) is 0.500. The van der Waals surface area contributed by atoms with Gasteiger partial charge in [-0.25, -0.2) is 8.78 Å². The van der Waals surface area contributed by atoms with Gasteiger partial charge in [0.25, 0.3) is 16.5 Å². The zero-order valence-electron chi connectivity index (χ0n) is 3.88. The summed E-state index contributed by atoms with van der Waals surface area (Å²) in [7, 11) is -4.72. The molecule has 0 amide bonds. The van der Waals surface area contributed by atoms with Crippen LogP contribution in [-0.4, -0.2) is 19.4 Å². The number of rotatable bonds is 2. The van der Waals surface area contributed by atoms with Crippen molar-refractivity contribution in [1.29, 1.82) is 0 Å². The third-order valence-electron chi connectivity index (χ3n) is 0.418. The van der Waals surface area contributed by atoms with Crippen molar-refractivity contribution < 1.29 is 21.8 Å². The molecule has 0 aromatic rings. The largest absolute Gasteiger partial charge is 0.289 e. The predicted molar refractivity (Wildman–Crippen MR) is 29.7 cm³/mol. The molecule has 0 saturated carbocycles. The first kappa shape index (κ1) is 9.25. The Bertz CT molecular complexity index is 176. The average molecular weight is 224 g/mol. The quantitative estimate of drug-likeness (QED) is 0.712. The van der Waals surface area contributed by atoms with Gasteiger partial charge in [-0.05, 0) is 0 Å². The van der Waals surface area contributed by atoms with E-state index in [2.05, 4.69) is 0 Å². The zero-order valence-corrected chi connectivity index (χ0v) is 6.29. The molecule has 0 spiro atoms. The van der Waals surface area contributed by atoms with E-state index in [0.29, 0.717) is 0 Å². The van der Waals surface area contributed by atoms with Crippen LogP contribution in [0.2, 0.25) is 0 Å². The van der Waals surface area contributed by atoms with Gasteiger partial charge in [-0.15, -0.1) is 0 Å². The third kappa shape index (κ3) is 3.07. The van der Waals surface area contributed by atoms with Gasteiger partial charge in [0, 0.05) is 0 Å². The molecular formula is C2H2BrF2O3S. The molecule has 1 radical (unpaired) electrons. The Morgan fingerprint density at radius 1 is 1.56 bits per heavy atom. The molecule has 0 fully saturated rings. The third-order valence-corrected chi connectivity index (χ3v) is 2.66. The van der Waals surface area contributed by atoms with E-state index in [0.717, 1.165) is 0 Å². The topological polar surface area (TPSA) is 54.4 Å². The molecule has 0 aliphatic rings. The molecule has 0 aromatic heterocycles. The van der Waals surface area contributed by atoms with E-state index in [1.54, 1.807) is 0 Å². The van der Waals surface area contributed by atoms with Crippen molar-refractivity contribution in [2.45, 2.75) is 6.43 Å². The Morgan fingerprint density at radius 3 is 1.89 bits per heavy atom. The molecule has 3 nitrogen and oxygen atoms in total. The summed E-state index contributed by atoms with van der Waals surface area (Å²) < 4.78 is 48.6. The van der Waals surface area contributed by atoms with E-state index in [4.69, 9.17) is 4.55 Å². The van der Waals surface area contributed by atoms with Gasteiger partial charge in [0.15, 0.2) is 0 Å². The van der Waals surface area contributed by atoms with Gasteiger partial charge < -0.3 is 0 Å². The molecule has 0 unspecified atom stereocenters. The monoisotopic (exact) mass is 223 g/mol. The Balaban J connectivity index is 4.24. The zero-order chi connectivity index (χ0) is 7.65. The van der Waals surface area contributed by atoms with Gasteiger partial charge in [0.05, 0.1) is 0 Å². The summed E-state index contributed by atoms with van der Waals surface area (Å²) in [6.45, 7) is 0. The van der Waals surface area contributed by atoms with Crippen molar-refractivity contribution in [3.05, 3.63) is 4.16 Å². The molecule has 0 rings (SSSR count). The standard InChI is InChI=1S/C2H2BrF2O3S/c3-1(2(4)5)9(6,7)8/h2H,(H,6,7,8). The first-order valence-corrected chi connectivity index (χ1v) is 3.87. The Kier molecular flexibility index (Phi) is 2.97. The van der Waals surface area contributed by atoms with E-state index in [-0.39, 0.29) is 0 Å². The highest BCUT2D eigenvalue weighted by Crippen LogP contribution is 2.24. The van der Waals surface area contributed by atoms with Crippen LogP contribution in [0.25, 0.3) is 0 Å². The Hall–Kier alpha value is 0.250. The second kappa shape index (κ2) is 2.89. The van der Waals surface area contributed by atoms with E-state index in [1.807, 2.05) is 15.9 Å². The Labute approximate surface area is 58.9 Å². The van der Waals surface area contributed by atoms with Crippen LogP contribution in [0, 0.1) is 4.16 Å². The molecule has 9 heavy (non-hydrogen) atoms. The summed E-state index contributed by atoms with van der Waals surface area (Å²) in [6.07, 6.45) is -3.19. The normalized spacial score (nSPS) is 13.1. The lowest BCUT2D eigenvalue weighted by Gasteiger charge is -2.00. The van der Waals surface area contributed by atoms with E-state index in [1.165, 1.54) is 0 Å². The van der Waals surface area contributed by atoms with E-state index < -0.39 is 20.7 Å². The minimum absolute atomic E-state index is 1.41. The van der Waals surface area contributed by atoms with Crippen LogP contribution in [0.4, 0.5) is 8.78 Å². The fourth-order valence-electron chi connectivity index (χ4n) is 0.113. The summed E-state index contributed by atoms with van der Waals surface area (Å²) in [4.78, 5) is 0. The lowest BCUT2D eigenvalue weighted by molar-refractivity contribution is 0.188. The van der Waals surface area contributed by atoms with Crippen molar-refractivity contribution in [3.8, 4) is 0 Å². The number of hydrogen-bond acceptors (Lipinski definition) is 2. The van der Waals surface area contributed by atoms with E-state index in [9.17, 15) is 17.2 Å². The van der Waals surface area contributed by atoms with Crippen LogP contribution in [0.3, 0.4) is 0 Å². The summed E-state index contributed by atoms with van der Waals surface area (Å²) in [5.41, 5.74) is 0. The maximum Gasteiger partial charge on any atom is 0.289 e. The Morgan fingerprint density at radius 2 is 1.89 bits per heavy atom. The van der Waals surface area contributed by atoms with Crippen molar-refractivity contribution in [2.24, 2.45) is 0 Å². The molecule has 1 N–H and O–H groups in total. The highest BCUT2D eigenvalue weighted by Gasteiger charge is 2.30. The van der Waals surface area contributed by atoms with Crippen LogP contribution in [0.1, 0.15) is 0 Å². The van der Waals surface area contributed by atoms with Crippen molar-refractivity contribution >= 4 is 26.0 Å². The lowest BCUT2D eigenvalue weighted by Crippen LogP contribution is -2.12. The van der Waals surface area contributed by atoms with Crippen molar-refractivity contribution in [2.75, 3.05) is 0 Å². The minimum Gasteiger partial charge on any atom is -0.284 e. The molecule has 0 heterocycles. The lowest BCUT2D eigenvalue weighted by atomic mass is 10.9. The van der Waals surface area contributed by atoms with Gasteiger partial charge in [-0.3, -0.25) is 4.55 Å². The molecule has 7 heteroatoms. The molecule has 55 valence electrons. The summed E-state index contributed by atoms with van der Waals surface area (Å²) in [5.74, 6) is 0. The van der Waals surface area contributed by atoms with Gasteiger partial charge in [0.1, 0.15) is 0 Å². The molecule has 0 bridgehead atoms. The first-order valence-electron chi connectivity index (χ1n) is 1.63. The number of halogens is 3. The van der Waals surface area contributed by atoms with Crippen molar-refractivity contribution in [3.63, 3.8) is 0 Å². The summed E-state index contributed by atoms with van der Waals surface area (Å²) >= 11 is 1.99. The average Bonchev–Trinajstić information content (AvgIpc) is 1.62.